The lowest BCUT2D eigenvalue weighted by Gasteiger charge is -2.14. The Morgan fingerprint density at radius 2 is 1.66 bits per heavy atom. The van der Waals surface area contributed by atoms with E-state index in [2.05, 4.69) is 38.2 Å². The topological polar surface area (TPSA) is 64.6 Å². The zero-order valence-electron chi connectivity index (χ0n) is 17.7. The van der Waals surface area contributed by atoms with Gasteiger partial charge in [-0.15, -0.1) is 0 Å². The van der Waals surface area contributed by atoms with Crippen LogP contribution >= 0.6 is 0 Å². The number of hydrogen-bond acceptors (Lipinski definition) is 4. The molecule has 156 valence electrons. The Morgan fingerprint density at radius 3 is 2.21 bits per heavy atom. The average Bonchev–Trinajstić information content (AvgIpc) is 3.01. The van der Waals surface area contributed by atoms with Gasteiger partial charge in [-0.25, -0.2) is 0 Å². The maximum absolute atomic E-state index is 11.9. The second kappa shape index (κ2) is 11.5. The summed E-state index contributed by atoms with van der Waals surface area (Å²) < 4.78 is 10.6. The van der Waals surface area contributed by atoms with E-state index in [0.717, 1.165) is 22.6 Å². The van der Waals surface area contributed by atoms with E-state index in [-0.39, 0.29) is 31.0 Å². The van der Waals surface area contributed by atoms with Gasteiger partial charge in [0, 0.05) is 0 Å². The molecule has 1 aliphatic rings. The van der Waals surface area contributed by atoms with Gasteiger partial charge in [-0.2, -0.15) is 0 Å². The number of nitrogens with one attached hydrogen (secondary N) is 1. The van der Waals surface area contributed by atoms with E-state index in [1.54, 1.807) is 6.92 Å². The van der Waals surface area contributed by atoms with Gasteiger partial charge < -0.3 is 14.8 Å². The molecule has 0 bridgehead atoms. The summed E-state index contributed by atoms with van der Waals surface area (Å²) in [5.41, 5.74) is 3.28. The van der Waals surface area contributed by atoms with Crippen LogP contribution in [0.25, 0.3) is 11.1 Å². The highest BCUT2D eigenvalue weighted by Crippen LogP contribution is 2.19. The molecule has 29 heavy (non-hydrogen) atoms. The van der Waals surface area contributed by atoms with Gasteiger partial charge in [0.05, 0.1) is 12.7 Å². The summed E-state index contributed by atoms with van der Waals surface area (Å²) >= 11 is 0. The molecule has 1 unspecified atom stereocenters. The van der Waals surface area contributed by atoms with Crippen LogP contribution in [-0.4, -0.2) is 37.0 Å². The zero-order chi connectivity index (χ0) is 21.2. The molecule has 0 radical (unpaired) electrons. The van der Waals surface area contributed by atoms with Crippen molar-refractivity contribution in [3.05, 3.63) is 60.2 Å². The monoisotopic (exact) mass is 397 g/mol. The first kappa shape index (κ1) is 22.8. The molecular formula is C24H31NO4. The van der Waals surface area contributed by atoms with Crippen molar-refractivity contribution in [1.29, 1.82) is 0 Å². The predicted octanol–water partition coefficient (Wildman–Crippen LogP) is 4.01. The Morgan fingerprint density at radius 1 is 1.07 bits per heavy atom. The number of benzene rings is 2. The van der Waals surface area contributed by atoms with Crippen LogP contribution in [0.4, 0.5) is 0 Å². The molecule has 1 saturated heterocycles. The van der Waals surface area contributed by atoms with Gasteiger partial charge in [0.2, 0.25) is 5.91 Å². The van der Waals surface area contributed by atoms with Gasteiger partial charge in [0.1, 0.15) is 19.3 Å². The Bertz CT molecular complexity index is 768. The average molecular weight is 398 g/mol. The van der Waals surface area contributed by atoms with Crippen LogP contribution in [0.2, 0.25) is 0 Å². The van der Waals surface area contributed by atoms with Gasteiger partial charge in [-0.1, -0.05) is 75.4 Å². The predicted molar refractivity (Wildman–Crippen MR) is 114 cm³/mol. The third-order valence-electron chi connectivity index (χ3n) is 4.18. The summed E-state index contributed by atoms with van der Waals surface area (Å²) in [5, 5.41) is 2.66. The van der Waals surface area contributed by atoms with Gasteiger partial charge in [0.15, 0.2) is 5.78 Å². The fourth-order valence-electron chi connectivity index (χ4n) is 2.76. The van der Waals surface area contributed by atoms with Gasteiger partial charge in [-0.05, 0) is 29.5 Å². The van der Waals surface area contributed by atoms with Crippen molar-refractivity contribution in [1.82, 2.24) is 5.32 Å². The van der Waals surface area contributed by atoms with E-state index in [1.165, 1.54) is 0 Å². The fraction of sp³-hybridized carbons (Fsp3) is 0.417. The molecule has 0 aromatic heterocycles. The second-order valence-electron chi connectivity index (χ2n) is 7.82. The molecule has 2 aromatic carbocycles. The lowest BCUT2D eigenvalue weighted by Crippen LogP contribution is -2.45. The molecule has 5 nitrogen and oxygen atoms in total. The highest BCUT2D eigenvalue weighted by molar-refractivity contribution is 5.92. The smallest absolute Gasteiger partial charge is 0.246 e. The van der Waals surface area contributed by atoms with Crippen LogP contribution in [0.1, 0.15) is 33.3 Å². The van der Waals surface area contributed by atoms with E-state index in [1.807, 2.05) is 42.5 Å². The largest absolute Gasteiger partial charge is 0.368 e. The number of hydrogen-bond donors (Lipinski definition) is 1. The molecule has 2 atom stereocenters. The zero-order valence-corrected chi connectivity index (χ0v) is 17.7. The van der Waals surface area contributed by atoms with Gasteiger partial charge >= 0.3 is 0 Å². The summed E-state index contributed by atoms with van der Waals surface area (Å²) in [6.45, 7) is 8.58. The molecule has 0 spiro atoms. The molecule has 1 aliphatic heterocycles. The summed E-state index contributed by atoms with van der Waals surface area (Å²) in [4.78, 5) is 23.5. The van der Waals surface area contributed by atoms with Crippen LogP contribution in [-0.2, 0) is 25.7 Å². The number of carbonyl (C=O) groups excluding carboxylic acids is 2. The minimum Gasteiger partial charge on any atom is -0.368 e. The number of carbonyl (C=O) groups is 2. The normalized spacial score (nSPS) is 18.3. The van der Waals surface area contributed by atoms with Crippen LogP contribution < -0.4 is 5.32 Å². The first-order valence-electron chi connectivity index (χ1n) is 10.0. The number of ether oxygens (including phenoxy) is 2. The first-order valence-corrected chi connectivity index (χ1v) is 10.0. The maximum Gasteiger partial charge on any atom is 0.246 e. The lowest BCUT2D eigenvalue weighted by atomic mass is 10.0. The van der Waals surface area contributed by atoms with Crippen molar-refractivity contribution >= 4 is 11.7 Å². The van der Waals surface area contributed by atoms with Crippen LogP contribution in [0.5, 0.6) is 0 Å². The van der Waals surface area contributed by atoms with Crippen molar-refractivity contribution in [2.75, 3.05) is 13.2 Å². The van der Waals surface area contributed by atoms with E-state index < -0.39 is 6.04 Å². The van der Waals surface area contributed by atoms with Crippen LogP contribution in [0.3, 0.4) is 0 Å². The minimum absolute atomic E-state index is 0.0563. The van der Waals surface area contributed by atoms with E-state index >= 15 is 0 Å². The molecule has 1 heterocycles. The minimum atomic E-state index is -0.568. The third-order valence-corrected chi connectivity index (χ3v) is 4.18. The van der Waals surface area contributed by atoms with E-state index in [4.69, 9.17) is 9.47 Å². The first-order chi connectivity index (χ1) is 13.9. The molecular weight excluding hydrogens is 366 g/mol. The molecule has 0 aliphatic carbocycles. The van der Waals surface area contributed by atoms with Crippen molar-refractivity contribution in [2.45, 2.75) is 46.4 Å². The van der Waals surface area contributed by atoms with Crippen molar-refractivity contribution in [3.8, 4) is 11.1 Å². The fourth-order valence-corrected chi connectivity index (χ4v) is 2.76. The lowest BCUT2D eigenvalue weighted by molar-refractivity contribution is -0.129. The Kier molecular flexibility index (Phi) is 9.03. The summed E-state index contributed by atoms with van der Waals surface area (Å²) in [7, 11) is 0. The van der Waals surface area contributed by atoms with Crippen LogP contribution in [0, 0.1) is 5.92 Å². The van der Waals surface area contributed by atoms with Crippen LogP contribution in [0.15, 0.2) is 54.6 Å². The number of amides is 1. The Balaban J connectivity index is 0.000000687. The number of rotatable bonds is 6. The molecule has 2 aromatic rings. The Labute approximate surface area is 173 Å². The van der Waals surface area contributed by atoms with E-state index in [9.17, 15) is 9.59 Å². The maximum atomic E-state index is 11.9. The highest BCUT2D eigenvalue weighted by Gasteiger charge is 2.33. The summed E-state index contributed by atoms with van der Waals surface area (Å²) in [6, 6.07) is 17.6. The quantitative estimate of drug-likeness (QED) is 0.800. The van der Waals surface area contributed by atoms with Crippen molar-refractivity contribution in [2.24, 2.45) is 5.92 Å². The number of ketones is 1. The molecule has 0 saturated carbocycles. The third kappa shape index (κ3) is 7.80. The van der Waals surface area contributed by atoms with Gasteiger partial charge in [-0.3, -0.25) is 9.59 Å². The SMILES string of the molecule is CC(C)C.C[C@H]1OCC(=O)C1NC(=O)COCc1ccc(-c2ccccc2)cc1. The molecule has 1 amide bonds. The number of Topliss-reactive ketones (excluding diaryl/α,β-unsaturated/α-hetero) is 1. The molecule has 5 heteroatoms. The molecule has 1 fully saturated rings. The van der Waals surface area contributed by atoms with Gasteiger partial charge in [0.25, 0.3) is 0 Å². The standard InChI is InChI=1S/C20H21NO4.C4H10/c1-14-20(18(22)12-25-14)21-19(23)13-24-11-15-7-9-17(10-8-15)16-5-3-2-4-6-16;1-4(2)3/h2-10,14,20H,11-13H2,1H3,(H,21,23);4H,1-3H3/t14-,20?;/m1./s1. The second-order valence-corrected chi connectivity index (χ2v) is 7.82. The van der Waals surface area contributed by atoms with Crippen molar-refractivity contribution in [3.63, 3.8) is 0 Å². The molecule has 1 N–H and O–H groups in total. The summed E-state index contributed by atoms with van der Waals surface area (Å²) in [5.74, 6) is 0.425. The Hall–Kier alpha value is -2.50. The van der Waals surface area contributed by atoms with E-state index in [0.29, 0.717) is 6.61 Å². The molecule has 3 rings (SSSR count). The highest BCUT2D eigenvalue weighted by atomic mass is 16.5. The van der Waals surface area contributed by atoms with Crippen molar-refractivity contribution < 1.29 is 19.1 Å². The summed E-state index contributed by atoms with van der Waals surface area (Å²) in [6.07, 6.45) is -0.290.